The number of nitrogens with zero attached hydrogens (tertiary/aromatic N) is 2. The maximum absolute atomic E-state index is 12.1. The van der Waals surface area contributed by atoms with Crippen LogP contribution in [0.25, 0.3) is 0 Å². The Kier molecular flexibility index (Phi) is 3.57. The van der Waals surface area contributed by atoms with E-state index in [1.165, 1.54) is 6.20 Å². The topological polar surface area (TPSA) is 93.2 Å². The molecule has 6 nitrogen and oxygen atoms in total. The number of carbonyl (C=O) groups is 1. The molecule has 1 saturated carbocycles. The third-order valence-corrected chi connectivity index (χ3v) is 3.80. The predicted octanol–water partition coefficient (Wildman–Crippen LogP) is 2.07. The molecular weight excluding hydrogens is 292 g/mol. The van der Waals surface area contributed by atoms with Crippen molar-refractivity contribution in [1.29, 1.82) is 0 Å². The van der Waals surface area contributed by atoms with Gasteiger partial charge < -0.3 is 16.2 Å². The Morgan fingerprint density at radius 3 is 2.86 bits per heavy atom. The zero-order chi connectivity index (χ0) is 15.0. The Balaban J connectivity index is 1.73. The highest BCUT2D eigenvalue weighted by Gasteiger charge is 2.31. The van der Waals surface area contributed by atoms with Crippen molar-refractivity contribution in [3.05, 3.63) is 41.2 Å². The molecule has 0 bridgehead atoms. The third-order valence-electron chi connectivity index (χ3n) is 3.58. The van der Waals surface area contributed by atoms with Gasteiger partial charge in [0, 0.05) is 22.6 Å². The minimum atomic E-state index is -0.381. The van der Waals surface area contributed by atoms with Gasteiger partial charge in [-0.1, -0.05) is 11.6 Å². The Morgan fingerprint density at radius 1 is 1.43 bits per heavy atom. The van der Waals surface area contributed by atoms with Crippen LogP contribution in [0.2, 0.25) is 5.02 Å². The molecule has 110 valence electrons. The van der Waals surface area contributed by atoms with E-state index in [-0.39, 0.29) is 18.1 Å². The molecule has 1 aliphatic carbocycles. The Hall–Kier alpha value is -2.05. The number of carbonyl (C=O) groups excluding carboxylic acids is 1. The third kappa shape index (κ3) is 2.86. The number of rotatable bonds is 3. The Morgan fingerprint density at radius 2 is 2.24 bits per heavy atom. The average molecular weight is 307 g/mol. The zero-order valence-corrected chi connectivity index (χ0v) is 11.9. The van der Waals surface area contributed by atoms with Gasteiger partial charge in [0.25, 0.3) is 5.91 Å². The lowest BCUT2D eigenvalue weighted by atomic mass is 9.89. The number of anilines is 2. The second kappa shape index (κ2) is 5.38. The standard InChI is InChI=1S/C14H15ClN4O2/c15-9-3-10(16)5-11(4-9)18-14(21)8-6-17-19(7-8)12-1-2-13(12)20/h3-7,12-13,20H,1-2,16H2,(H,18,21). The van der Waals surface area contributed by atoms with E-state index < -0.39 is 0 Å². The van der Waals surface area contributed by atoms with Crippen LogP contribution in [0.3, 0.4) is 0 Å². The lowest BCUT2D eigenvalue weighted by Gasteiger charge is -2.32. The van der Waals surface area contributed by atoms with Crippen molar-refractivity contribution in [2.75, 3.05) is 11.1 Å². The number of benzene rings is 1. The molecule has 2 unspecified atom stereocenters. The molecule has 0 saturated heterocycles. The van der Waals surface area contributed by atoms with Gasteiger partial charge in [0.2, 0.25) is 0 Å². The largest absolute Gasteiger partial charge is 0.399 e. The van der Waals surface area contributed by atoms with E-state index in [1.54, 1.807) is 29.1 Å². The molecule has 1 aliphatic rings. The summed E-state index contributed by atoms with van der Waals surface area (Å²) < 4.78 is 1.63. The normalized spacial score (nSPS) is 20.9. The van der Waals surface area contributed by atoms with Crippen LogP contribution in [0.5, 0.6) is 0 Å². The van der Waals surface area contributed by atoms with E-state index in [0.717, 1.165) is 12.8 Å². The summed E-state index contributed by atoms with van der Waals surface area (Å²) >= 11 is 5.89. The molecule has 1 heterocycles. The lowest BCUT2D eigenvalue weighted by Crippen LogP contribution is -2.33. The van der Waals surface area contributed by atoms with E-state index in [4.69, 9.17) is 17.3 Å². The molecule has 2 aromatic rings. The summed E-state index contributed by atoms with van der Waals surface area (Å²) in [5, 5.41) is 16.9. The molecule has 0 spiro atoms. The van der Waals surface area contributed by atoms with Crippen molar-refractivity contribution < 1.29 is 9.90 Å². The van der Waals surface area contributed by atoms with Crippen molar-refractivity contribution in [1.82, 2.24) is 9.78 Å². The summed E-state index contributed by atoms with van der Waals surface area (Å²) in [6.07, 6.45) is 4.38. The highest BCUT2D eigenvalue weighted by atomic mass is 35.5. The summed E-state index contributed by atoms with van der Waals surface area (Å²) in [4.78, 5) is 12.1. The van der Waals surface area contributed by atoms with Crippen LogP contribution in [0, 0.1) is 0 Å². The van der Waals surface area contributed by atoms with Crippen LogP contribution in [0.15, 0.2) is 30.6 Å². The van der Waals surface area contributed by atoms with Gasteiger partial charge in [-0.15, -0.1) is 0 Å². The van der Waals surface area contributed by atoms with Gasteiger partial charge in [0.15, 0.2) is 0 Å². The quantitative estimate of drug-likeness (QED) is 0.757. The van der Waals surface area contributed by atoms with Crippen molar-refractivity contribution in [2.24, 2.45) is 0 Å². The fourth-order valence-electron chi connectivity index (χ4n) is 2.30. The zero-order valence-electron chi connectivity index (χ0n) is 11.2. The summed E-state index contributed by atoms with van der Waals surface area (Å²) in [6.45, 7) is 0. The number of aliphatic hydroxyl groups is 1. The van der Waals surface area contributed by atoms with Crippen molar-refractivity contribution >= 4 is 28.9 Å². The first-order valence-corrected chi connectivity index (χ1v) is 7.00. The molecule has 1 aromatic heterocycles. The first kappa shape index (κ1) is 13.9. The monoisotopic (exact) mass is 306 g/mol. The predicted molar refractivity (Wildman–Crippen MR) is 80.3 cm³/mol. The van der Waals surface area contributed by atoms with Crippen LogP contribution in [0.1, 0.15) is 29.2 Å². The van der Waals surface area contributed by atoms with Gasteiger partial charge in [0.05, 0.1) is 23.9 Å². The number of amides is 1. The fourth-order valence-corrected chi connectivity index (χ4v) is 2.54. The van der Waals surface area contributed by atoms with Gasteiger partial charge in [-0.25, -0.2) is 0 Å². The number of hydrogen-bond donors (Lipinski definition) is 3. The Labute approximate surface area is 126 Å². The number of aromatic nitrogens is 2. The van der Waals surface area contributed by atoms with Crippen molar-refractivity contribution in [2.45, 2.75) is 25.0 Å². The molecule has 1 fully saturated rings. The smallest absolute Gasteiger partial charge is 0.258 e. The van der Waals surface area contributed by atoms with Gasteiger partial charge >= 0.3 is 0 Å². The maximum Gasteiger partial charge on any atom is 0.258 e. The second-order valence-electron chi connectivity index (χ2n) is 5.15. The van der Waals surface area contributed by atoms with Crippen LogP contribution in [-0.4, -0.2) is 26.9 Å². The molecule has 4 N–H and O–H groups in total. The molecule has 7 heteroatoms. The van der Waals surface area contributed by atoms with E-state index in [9.17, 15) is 9.90 Å². The lowest BCUT2D eigenvalue weighted by molar-refractivity contribution is 0.0253. The van der Waals surface area contributed by atoms with Crippen molar-refractivity contribution in [3.8, 4) is 0 Å². The SMILES string of the molecule is Nc1cc(Cl)cc(NC(=O)c2cnn(C3CCC3O)c2)c1. The Bertz CT molecular complexity index is 665. The van der Waals surface area contributed by atoms with Crippen LogP contribution in [0.4, 0.5) is 11.4 Å². The van der Waals surface area contributed by atoms with Crippen LogP contribution >= 0.6 is 11.6 Å². The second-order valence-corrected chi connectivity index (χ2v) is 5.58. The molecule has 0 aliphatic heterocycles. The van der Waals surface area contributed by atoms with E-state index in [1.807, 2.05) is 0 Å². The minimum Gasteiger partial charge on any atom is -0.399 e. The molecular formula is C14H15ClN4O2. The fraction of sp³-hybridized carbons (Fsp3) is 0.286. The van der Waals surface area contributed by atoms with Gasteiger partial charge in [0.1, 0.15) is 0 Å². The van der Waals surface area contributed by atoms with Crippen LogP contribution < -0.4 is 11.1 Å². The summed E-state index contributed by atoms with van der Waals surface area (Å²) in [5.74, 6) is -0.295. The number of nitrogens with one attached hydrogen (secondary N) is 1. The number of nitrogen functional groups attached to an aromatic ring is 1. The first-order valence-electron chi connectivity index (χ1n) is 6.62. The first-order chi connectivity index (χ1) is 10.0. The molecule has 2 atom stereocenters. The number of aliphatic hydroxyl groups excluding tert-OH is 1. The van der Waals surface area contributed by atoms with Crippen molar-refractivity contribution in [3.63, 3.8) is 0 Å². The summed E-state index contributed by atoms with van der Waals surface area (Å²) in [7, 11) is 0. The summed E-state index contributed by atoms with van der Waals surface area (Å²) in [6, 6.07) is 4.82. The number of halogens is 1. The molecule has 21 heavy (non-hydrogen) atoms. The molecule has 1 aromatic carbocycles. The number of hydrogen-bond acceptors (Lipinski definition) is 4. The van der Waals surface area contributed by atoms with Gasteiger partial charge in [-0.3, -0.25) is 9.48 Å². The van der Waals surface area contributed by atoms with E-state index in [2.05, 4.69) is 10.4 Å². The van der Waals surface area contributed by atoms with Gasteiger partial charge in [-0.2, -0.15) is 5.10 Å². The molecule has 1 amide bonds. The average Bonchev–Trinajstić information content (AvgIpc) is 2.85. The van der Waals surface area contributed by atoms with Gasteiger partial charge in [-0.05, 0) is 31.0 Å². The highest BCUT2D eigenvalue weighted by Crippen LogP contribution is 2.31. The summed E-state index contributed by atoms with van der Waals surface area (Å²) in [5.41, 5.74) is 7.11. The van der Waals surface area contributed by atoms with Crippen LogP contribution in [-0.2, 0) is 0 Å². The maximum atomic E-state index is 12.1. The number of nitrogens with two attached hydrogens (primary N) is 1. The molecule has 3 rings (SSSR count). The molecule has 0 radical (unpaired) electrons. The van der Waals surface area contributed by atoms with E-state index >= 15 is 0 Å². The van der Waals surface area contributed by atoms with E-state index in [0.29, 0.717) is 22.0 Å². The minimum absolute atomic E-state index is 0.0339. The highest BCUT2D eigenvalue weighted by molar-refractivity contribution is 6.31.